The number of ether oxygens (including phenoxy) is 1. The molecule has 5 rings (SSSR count). The Bertz CT molecular complexity index is 1240. The molecule has 162 valence electrons. The van der Waals surface area contributed by atoms with Crippen molar-refractivity contribution in [1.29, 1.82) is 0 Å². The molecule has 0 spiro atoms. The molecule has 1 amide bonds. The van der Waals surface area contributed by atoms with E-state index in [4.69, 9.17) is 9.72 Å². The van der Waals surface area contributed by atoms with Gasteiger partial charge in [0.15, 0.2) is 5.65 Å². The number of hydrogen-bond donors (Lipinski definition) is 1. The predicted molar refractivity (Wildman–Crippen MR) is 119 cm³/mol. The molecule has 0 aliphatic carbocycles. The summed E-state index contributed by atoms with van der Waals surface area (Å²) in [5.74, 6) is -0.457. The minimum absolute atomic E-state index is 0.290. The molecule has 0 radical (unpaired) electrons. The molecule has 1 N–H and O–H groups in total. The highest BCUT2D eigenvalue weighted by Gasteiger charge is 2.26. The van der Waals surface area contributed by atoms with Crippen molar-refractivity contribution in [2.75, 3.05) is 11.9 Å². The SMILES string of the molecule is O=C(Nc1nc2c(Sc3ccccc3)ncnc2n1C1CCCCO1)c1ccc(F)cc1. The Labute approximate surface area is 188 Å². The van der Waals surface area contributed by atoms with Crippen molar-refractivity contribution in [1.82, 2.24) is 19.5 Å². The first-order valence-corrected chi connectivity index (χ1v) is 11.1. The molecule has 0 bridgehead atoms. The van der Waals surface area contributed by atoms with E-state index >= 15 is 0 Å². The second-order valence-corrected chi connectivity index (χ2v) is 8.42. The third kappa shape index (κ3) is 4.21. The fraction of sp³-hybridized carbons (Fsp3) is 0.217. The van der Waals surface area contributed by atoms with Crippen molar-refractivity contribution in [2.45, 2.75) is 35.4 Å². The van der Waals surface area contributed by atoms with Crippen molar-refractivity contribution in [2.24, 2.45) is 0 Å². The van der Waals surface area contributed by atoms with Gasteiger partial charge in [-0.15, -0.1) is 0 Å². The molecule has 1 aliphatic heterocycles. The van der Waals surface area contributed by atoms with Gasteiger partial charge in [-0.3, -0.25) is 14.7 Å². The molecule has 3 heterocycles. The smallest absolute Gasteiger partial charge is 0.257 e. The number of rotatable bonds is 5. The molecule has 1 fully saturated rings. The zero-order valence-electron chi connectivity index (χ0n) is 17.1. The number of hydrogen-bond acceptors (Lipinski definition) is 6. The summed E-state index contributed by atoms with van der Waals surface area (Å²) in [7, 11) is 0. The zero-order chi connectivity index (χ0) is 21.9. The lowest BCUT2D eigenvalue weighted by Gasteiger charge is -2.25. The van der Waals surface area contributed by atoms with Crippen LogP contribution in [-0.4, -0.2) is 32.0 Å². The van der Waals surface area contributed by atoms with Crippen molar-refractivity contribution >= 4 is 34.8 Å². The van der Waals surface area contributed by atoms with Gasteiger partial charge in [0, 0.05) is 17.1 Å². The Kier molecular flexibility index (Phi) is 5.83. The van der Waals surface area contributed by atoms with Crippen LogP contribution in [0.2, 0.25) is 0 Å². The third-order valence-electron chi connectivity index (χ3n) is 5.18. The van der Waals surface area contributed by atoms with E-state index in [0.29, 0.717) is 34.3 Å². The summed E-state index contributed by atoms with van der Waals surface area (Å²) >= 11 is 1.48. The molecule has 7 nitrogen and oxygen atoms in total. The Morgan fingerprint density at radius 3 is 2.66 bits per heavy atom. The second-order valence-electron chi connectivity index (χ2n) is 7.35. The zero-order valence-corrected chi connectivity index (χ0v) is 17.9. The topological polar surface area (TPSA) is 81.9 Å². The van der Waals surface area contributed by atoms with E-state index in [2.05, 4.69) is 15.3 Å². The maximum absolute atomic E-state index is 13.3. The summed E-state index contributed by atoms with van der Waals surface area (Å²) in [6.45, 7) is 0.631. The number of nitrogens with zero attached hydrogens (tertiary/aromatic N) is 4. The van der Waals surface area contributed by atoms with Gasteiger partial charge in [0.1, 0.15) is 28.9 Å². The van der Waals surface area contributed by atoms with Crippen molar-refractivity contribution in [3.63, 3.8) is 0 Å². The average Bonchev–Trinajstić information content (AvgIpc) is 3.19. The predicted octanol–water partition coefficient (Wildman–Crippen LogP) is 5.07. The molecule has 2 aromatic heterocycles. The van der Waals surface area contributed by atoms with Crippen LogP contribution in [0.25, 0.3) is 11.2 Å². The minimum atomic E-state index is -0.401. The molecule has 4 aromatic rings. The van der Waals surface area contributed by atoms with E-state index in [0.717, 1.165) is 24.2 Å². The van der Waals surface area contributed by atoms with Crippen LogP contribution in [0, 0.1) is 5.82 Å². The fourth-order valence-corrected chi connectivity index (χ4v) is 4.48. The van der Waals surface area contributed by atoms with E-state index in [1.807, 2.05) is 34.9 Å². The number of nitrogens with one attached hydrogen (secondary N) is 1. The van der Waals surface area contributed by atoms with Gasteiger partial charge in [0.05, 0.1) is 0 Å². The van der Waals surface area contributed by atoms with Crippen LogP contribution in [0.4, 0.5) is 10.3 Å². The van der Waals surface area contributed by atoms with E-state index in [-0.39, 0.29) is 12.1 Å². The molecule has 32 heavy (non-hydrogen) atoms. The lowest BCUT2D eigenvalue weighted by Crippen LogP contribution is -2.22. The Hall–Kier alpha value is -3.30. The molecule has 2 aromatic carbocycles. The van der Waals surface area contributed by atoms with Crippen LogP contribution in [0.15, 0.2) is 70.8 Å². The number of carbonyl (C=O) groups excluding carboxylic acids is 1. The first-order chi connectivity index (χ1) is 15.7. The highest BCUT2D eigenvalue weighted by atomic mass is 32.2. The largest absolute Gasteiger partial charge is 0.358 e. The quantitative estimate of drug-likeness (QED) is 0.429. The van der Waals surface area contributed by atoms with Crippen molar-refractivity contribution in [3.05, 3.63) is 72.3 Å². The lowest BCUT2D eigenvalue weighted by molar-refractivity contribution is -0.0285. The number of halogens is 1. The molecule has 1 aliphatic rings. The third-order valence-corrected chi connectivity index (χ3v) is 6.18. The number of benzene rings is 2. The van der Waals surface area contributed by atoms with Crippen LogP contribution >= 0.6 is 11.8 Å². The minimum Gasteiger partial charge on any atom is -0.358 e. The summed E-state index contributed by atoms with van der Waals surface area (Å²) < 4.78 is 21.1. The van der Waals surface area contributed by atoms with Gasteiger partial charge in [-0.1, -0.05) is 30.0 Å². The normalized spacial score (nSPS) is 16.2. The van der Waals surface area contributed by atoms with E-state index in [1.54, 1.807) is 0 Å². The van der Waals surface area contributed by atoms with Gasteiger partial charge in [-0.05, 0) is 55.7 Å². The summed E-state index contributed by atoms with van der Waals surface area (Å²) in [6.07, 6.45) is 3.99. The summed E-state index contributed by atoms with van der Waals surface area (Å²) in [6, 6.07) is 15.3. The van der Waals surface area contributed by atoms with Crippen LogP contribution in [0.1, 0.15) is 35.8 Å². The van der Waals surface area contributed by atoms with Gasteiger partial charge < -0.3 is 4.74 Å². The van der Waals surface area contributed by atoms with Crippen LogP contribution < -0.4 is 5.32 Å². The average molecular weight is 450 g/mol. The molecule has 1 unspecified atom stereocenters. The van der Waals surface area contributed by atoms with Crippen molar-refractivity contribution in [3.8, 4) is 0 Å². The first-order valence-electron chi connectivity index (χ1n) is 10.3. The van der Waals surface area contributed by atoms with Gasteiger partial charge in [0.2, 0.25) is 5.95 Å². The number of carbonyl (C=O) groups is 1. The van der Waals surface area contributed by atoms with Crippen LogP contribution in [0.3, 0.4) is 0 Å². The van der Waals surface area contributed by atoms with Gasteiger partial charge in [0.25, 0.3) is 5.91 Å². The summed E-state index contributed by atoms with van der Waals surface area (Å²) in [5.41, 5.74) is 1.52. The highest BCUT2D eigenvalue weighted by molar-refractivity contribution is 7.99. The first kappa shape index (κ1) is 20.6. The fourth-order valence-electron chi connectivity index (χ4n) is 3.63. The van der Waals surface area contributed by atoms with Gasteiger partial charge in [-0.2, -0.15) is 0 Å². The maximum atomic E-state index is 13.3. The van der Waals surface area contributed by atoms with E-state index < -0.39 is 5.82 Å². The molecule has 1 atom stereocenters. The van der Waals surface area contributed by atoms with E-state index in [9.17, 15) is 9.18 Å². The monoisotopic (exact) mass is 449 g/mol. The Morgan fingerprint density at radius 2 is 1.91 bits per heavy atom. The number of fused-ring (bicyclic) bond motifs is 1. The van der Waals surface area contributed by atoms with Gasteiger partial charge in [-0.25, -0.2) is 19.3 Å². The Morgan fingerprint density at radius 1 is 1.09 bits per heavy atom. The Balaban J connectivity index is 1.56. The van der Waals surface area contributed by atoms with Crippen LogP contribution in [-0.2, 0) is 4.74 Å². The maximum Gasteiger partial charge on any atom is 0.257 e. The number of imidazole rings is 1. The van der Waals surface area contributed by atoms with E-state index in [1.165, 1.54) is 42.4 Å². The molecule has 9 heteroatoms. The standard InChI is InChI=1S/C23H20FN5O2S/c24-16-11-9-15(10-12-16)21(30)28-23-27-19-20(29(23)18-8-4-5-13-31-18)25-14-26-22(19)32-17-6-2-1-3-7-17/h1-3,6-7,9-12,14,18H,4-5,8,13H2,(H,27,28,30). The molecular formula is C23H20FN5O2S. The van der Waals surface area contributed by atoms with Gasteiger partial charge >= 0.3 is 0 Å². The lowest BCUT2D eigenvalue weighted by atomic mass is 10.2. The molecule has 0 saturated carbocycles. The summed E-state index contributed by atoms with van der Waals surface area (Å²) in [4.78, 5) is 27.5. The highest BCUT2D eigenvalue weighted by Crippen LogP contribution is 2.35. The number of amides is 1. The molecule has 1 saturated heterocycles. The molecular weight excluding hydrogens is 429 g/mol. The second kappa shape index (κ2) is 9.05. The summed E-state index contributed by atoms with van der Waals surface area (Å²) in [5, 5.41) is 3.55. The number of anilines is 1. The van der Waals surface area contributed by atoms with Crippen molar-refractivity contribution < 1.29 is 13.9 Å². The number of aromatic nitrogens is 4. The van der Waals surface area contributed by atoms with Crippen LogP contribution in [0.5, 0.6) is 0 Å².